The van der Waals surface area contributed by atoms with E-state index in [2.05, 4.69) is 37.2 Å². The molecule has 0 heterocycles. The van der Waals surface area contributed by atoms with Crippen molar-refractivity contribution in [3.8, 4) is 0 Å². The molecule has 2 rings (SSSR count). The molecule has 0 aliphatic heterocycles. The minimum atomic E-state index is -0.552. The zero-order valence-corrected chi connectivity index (χ0v) is 14.1. The Morgan fingerprint density at radius 2 is 1.55 bits per heavy atom. The molecule has 0 bridgehead atoms. The molecule has 0 saturated carbocycles. The van der Waals surface area contributed by atoms with E-state index in [0.29, 0.717) is 0 Å². The van der Waals surface area contributed by atoms with Crippen LogP contribution in [0.25, 0.3) is 0 Å². The third-order valence-electron chi connectivity index (χ3n) is 2.98. The number of aryl methyl sites for hydroxylation is 1. The van der Waals surface area contributed by atoms with Crippen molar-refractivity contribution in [2.24, 2.45) is 0 Å². The number of rotatable bonds is 3. The predicted octanol–water partition coefficient (Wildman–Crippen LogP) is 5.97. The maximum atomic E-state index is 13.8. The fraction of sp³-hybridized carbons (Fsp3) is 0.200. The zero-order chi connectivity index (χ0) is 14.9. The Hall–Kier alpha value is -0.940. The van der Waals surface area contributed by atoms with Crippen molar-refractivity contribution in [3.63, 3.8) is 0 Å². The quantitative estimate of drug-likeness (QED) is 0.664. The number of hydrogen-bond acceptors (Lipinski definition) is 1. The highest BCUT2D eigenvalue weighted by atomic mass is 79.9. The lowest BCUT2D eigenvalue weighted by atomic mass is 10.1. The maximum Gasteiger partial charge on any atom is 0.131 e. The summed E-state index contributed by atoms with van der Waals surface area (Å²) in [5, 5.41) is 3.13. The van der Waals surface area contributed by atoms with Gasteiger partial charge in [-0.3, -0.25) is 0 Å². The number of nitrogens with one attached hydrogen (secondary N) is 1. The van der Waals surface area contributed by atoms with Gasteiger partial charge in [-0.2, -0.15) is 0 Å². The summed E-state index contributed by atoms with van der Waals surface area (Å²) in [4.78, 5) is 0. The van der Waals surface area contributed by atoms with Gasteiger partial charge in [0.25, 0.3) is 0 Å². The van der Waals surface area contributed by atoms with E-state index in [-0.39, 0.29) is 5.56 Å². The molecule has 0 aliphatic carbocycles. The molecule has 20 heavy (non-hydrogen) atoms. The Balaban J connectivity index is 2.35. The second-order valence-electron chi connectivity index (χ2n) is 4.60. The van der Waals surface area contributed by atoms with Gasteiger partial charge in [0.15, 0.2) is 0 Å². The first-order valence-corrected chi connectivity index (χ1v) is 7.65. The van der Waals surface area contributed by atoms with Crippen LogP contribution in [0, 0.1) is 18.6 Å². The first-order valence-electron chi connectivity index (χ1n) is 6.06. The third-order valence-corrected chi connectivity index (χ3v) is 4.23. The minimum absolute atomic E-state index is 0.0341. The SMILES string of the molecule is Cc1cc(Br)c(NC(C)c2c(F)cccc2F)c(Br)c1. The molecule has 1 nitrogen and oxygen atoms in total. The van der Waals surface area contributed by atoms with Gasteiger partial charge in [-0.15, -0.1) is 0 Å². The van der Waals surface area contributed by atoms with Crippen LogP contribution in [-0.2, 0) is 0 Å². The highest BCUT2D eigenvalue weighted by Gasteiger charge is 2.17. The molecule has 1 unspecified atom stereocenters. The molecule has 0 amide bonds. The van der Waals surface area contributed by atoms with E-state index in [1.165, 1.54) is 18.2 Å². The molecular formula is C15H13Br2F2N. The lowest BCUT2D eigenvalue weighted by Gasteiger charge is -2.19. The van der Waals surface area contributed by atoms with Crippen LogP contribution >= 0.6 is 31.9 Å². The van der Waals surface area contributed by atoms with Crippen LogP contribution in [0.15, 0.2) is 39.3 Å². The third kappa shape index (κ3) is 3.20. The van der Waals surface area contributed by atoms with E-state index in [9.17, 15) is 8.78 Å². The van der Waals surface area contributed by atoms with Crippen LogP contribution in [0.4, 0.5) is 14.5 Å². The molecule has 2 aromatic carbocycles. The van der Waals surface area contributed by atoms with Gasteiger partial charge in [0.05, 0.1) is 11.7 Å². The van der Waals surface area contributed by atoms with Gasteiger partial charge in [0, 0.05) is 14.5 Å². The van der Waals surface area contributed by atoms with Crippen molar-refractivity contribution < 1.29 is 8.78 Å². The maximum absolute atomic E-state index is 13.8. The number of halogens is 4. The molecule has 1 atom stereocenters. The Labute approximate surface area is 133 Å². The van der Waals surface area contributed by atoms with Gasteiger partial charge in [-0.25, -0.2) is 8.78 Å². The van der Waals surface area contributed by atoms with Crippen LogP contribution in [0.5, 0.6) is 0 Å². The first kappa shape index (κ1) is 15.4. The lowest BCUT2D eigenvalue weighted by Crippen LogP contribution is -2.11. The summed E-state index contributed by atoms with van der Waals surface area (Å²) in [5.74, 6) is -1.10. The van der Waals surface area contributed by atoms with Gasteiger partial charge >= 0.3 is 0 Å². The molecule has 0 fully saturated rings. The van der Waals surface area contributed by atoms with Crippen molar-refractivity contribution in [1.82, 2.24) is 0 Å². The fourth-order valence-corrected chi connectivity index (χ4v) is 3.70. The van der Waals surface area contributed by atoms with Gasteiger partial charge in [-0.1, -0.05) is 6.07 Å². The first-order chi connectivity index (χ1) is 9.40. The number of hydrogen-bond donors (Lipinski definition) is 1. The highest BCUT2D eigenvalue weighted by Crippen LogP contribution is 2.35. The molecule has 1 N–H and O–H groups in total. The Morgan fingerprint density at radius 1 is 1.05 bits per heavy atom. The molecule has 0 saturated heterocycles. The summed E-state index contributed by atoms with van der Waals surface area (Å²) in [6, 6.07) is 7.27. The normalized spacial score (nSPS) is 12.3. The van der Waals surface area contributed by atoms with E-state index in [0.717, 1.165) is 20.2 Å². The number of benzene rings is 2. The van der Waals surface area contributed by atoms with E-state index in [1.807, 2.05) is 19.1 Å². The van der Waals surface area contributed by atoms with Gasteiger partial charge < -0.3 is 5.32 Å². The summed E-state index contributed by atoms with van der Waals surface area (Å²) in [6.45, 7) is 3.69. The van der Waals surface area contributed by atoms with Crippen LogP contribution in [0.1, 0.15) is 24.1 Å². The van der Waals surface area contributed by atoms with Crippen molar-refractivity contribution in [2.75, 3.05) is 5.32 Å². The Kier molecular flexibility index (Phi) is 4.81. The van der Waals surface area contributed by atoms with Crippen molar-refractivity contribution >= 4 is 37.5 Å². The van der Waals surface area contributed by atoms with Gasteiger partial charge in [-0.05, 0) is 75.5 Å². The van der Waals surface area contributed by atoms with E-state index < -0.39 is 17.7 Å². The average Bonchev–Trinajstić information content (AvgIpc) is 2.33. The molecule has 0 radical (unpaired) electrons. The zero-order valence-electron chi connectivity index (χ0n) is 11.0. The molecular weight excluding hydrogens is 392 g/mol. The molecule has 0 spiro atoms. The van der Waals surface area contributed by atoms with Crippen molar-refractivity contribution in [3.05, 3.63) is 62.0 Å². The Morgan fingerprint density at radius 3 is 2.05 bits per heavy atom. The smallest absolute Gasteiger partial charge is 0.131 e. The van der Waals surface area contributed by atoms with Crippen LogP contribution < -0.4 is 5.32 Å². The minimum Gasteiger partial charge on any atom is -0.376 e. The second-order valence-corrected chi connectivity index (χ2v) is 6.31. The summed E-state index contributed by atoms with van der Waals surface area (Å²) in [6.07, 6.45) is 0. The van der Waals surface area contributed by atoms with Crippen LogP contribution in [-0.4, -0.2) is 0 Å². The number of anilines is 1. The lowest BCUT2D eigenvalue weighted by molar-refractivity contribution is 0.544. The summed E-state index contributed by atoms with van der Waals surface area (Å²) in [5.41, 5.74) is 1.89. The van der Waals surface area contributed by atoms with E-state index in [4.69, 9.17) is 0 Å². The summed E-state index contributed by atoms with van der Waals surface area (Å²) in [7, 11) is 0. The van der Waals surface area contributed by atoms with E-state index in [1.54, 1.807) is 6.92 Å². The molecule has 5 heteroatoms. The van der Waals surface area contributed by atoms with Gasteiger partial charge in [0.1, 0.15) is 11.6 Å². The predicted molar refractivity (Wildman–Crippen MR) is 85.0 cm³/mol. The van der Waals surface area contributed by atoms with Gasteiger partial charge in [0.2, 0.25) is 0 Å². The molecule has 0 aromatic heterocycles. The monoisotopic (exact) mass is 403 g/mol. The van der Waals surface area contributed by atoms with Crippen LogP contribution in [0.3, 0.4) is 0 Å². The standard InChI is InChI=1S/C15H13Br2F2N/c1-8-6-10(16)15(11(17)7-8)20-9(2)14-12(18)4-3-5-13(14)19/h3-7,9,20H,1-2H3. The Bertz CT molecular complexity index is 601. The summed E-state index contributed by atoms with van der Waals surface area (Å²) >= 11 is 6.91. The summed E-state index contributed by atoms with van der Waals surface area (Å²) < 4.78 is 29.2. The topological polar surface area (TPSA) is 12.0 Å². The fourth-order valence-electron chi connectivity index (χ4n) is 2.05. The van der Waals surface area contributed by atoms with Crippen LogP contribution in [0.2, 0.25) is 0 Å². The second kappa shape index (κ2) is 6.22. The average molecular weight is 405 g/mol. The largest absolute Gasteiger partial charge is 0.376 e. The van der Waals surface area contributed by atoms with E-state index >= 15 is 0 Å². The molecule has 2 aromatic rings. The van der Waals surface area contributed by atoms with Crippen molar-refractivity contribution in [1.29, 1.82) is 0 Å². The highest BCUT2D eigenvalue weighted by molar-refractivity contribution is 9.11. The van der Waals surface area contributed by atoms with Crippen molar-refractivity contribution in [2.45, 2.75) is 19.9 Å². The molecule has 106 valence electrons. The molecule has 0 aliphatic rings.